The van der Waals surface area contributed by atoms with Crippen LogP contribution in [0.5, 0.6) is 11.5 Å². The monoisotopic (exact) mass is 293 g/mol. The number of hydrogen-bond acceptors (Lipinski definition) is 4. The molecule has 1 heterocycles. The second-order valence-electron chi connectivity index (χ2n) is 5.66. The molecule has 1 aliphatic rings. The first-order chi connectivity index (χ1) is 10.2. The smallest absolute Gasteiger partial charge is 0.161 e. The molecule has 0 N–H and O–H groups in total. The summed E-state index contributed by atoms with van der Waals surface area (Å²) in [7, 11) is 0. The van der Waals surface area contributed by atoms with Crippen molar-refractivity contribution in [2.24, 2.45) is 0 Å². The number of benzene rings is 1. The van der Waals surface area contributed by atoms with Crippen LogP contribution in [0.25, 0.3) is 0 Å². The van der Waals surface area contributed by atoms with Gasteiger partial charge in [-0.2, -0.15) is 0 Å². The van der Waals surface area contributed by atoms with Crippen molar-refractivity contribution < 1.29 is 14.2 Å². The van der Waals surface area contributed by atoms with Crippen molar-refractivity contribution >= 4 is 0 Å². The molecule has 0 unspecified atom stereocenters. The minimum Gasteiger partial charge on any atom is -0.490 e. The maximum absolute atomic E-state index is 5.90. The molecule has 0 aliphatic carbocycles. The zero-order chi connectivity index (χ0) is 15.1. The van der Waals surface area contributed by atoms with Crippen molar-refractivity contribution in [3.63, 3.8) is 0 Å². The SMILES string of the molecule is CCCOc1ccccc1OCCN1C[C@@H](C)O[C@H](C)C1. The molecule has 0 saturated carbocycles. The Morgan fingerprint density at radius 1 is 1.05 bits per heavy atom. The average molecular weight is 293 g/mol. The van der Waals surface area contributed by atoms with Gasteiger partial charge >= 0.3 is 0 Å². The Morgan fingerprint density at radius 2 is 1.62 bits per heavy atom. The first kappa shape index (κ1) is 16.1. The molecule has 0 aromatic heterocycles. The van der Waals surface area contributed by atoms with Gasteiger partial charge in [-0.25, -0.2) is 0 Å². The van der Waals surface area contributed by atoms with E-state index in [9.17, 15) is 0 Å². The lowest BCUT2D eigenvalue weighted by atomic mass is 10.2. The van der Waals surface area contributed by atoms with E-state index in [1.807, 2.05) is 24.3 Å². The third kappa shape index (κ3) is 5.21. The number of para-hydroxylation sites is 2. The van der Waals surface area contributed by atoms with E-state index in [4.69, 9.17) is 14.2 Å². The molecule has 2 atom stereocenters. The fourth-order valence-electron chi connectivity index (χ4n) is 2.65. The molecule has 1 fully saturated rings. The lowest BCUT2D eigenvalue weighted by molar-refractivity contribution is -0.0699. The van der Waals surface area contributed by atoms with E-state index in [2.05, 4.69) is 25.7 Å². The predicted octanol–water partition coefficient (Wildman–Crippen LogP) is 2.96. The second kappa shape index (κ2) is 8.25. The zero-order valence-corrected chi connectivity index (χ0v) is 13.4. The van der Waals surface area contributed by atoms with Gasteiger partial charge in [-0.15, -0.1) is 0 Å². The van der Waals surface area contributed by atoms with Crippen LogP contribution >= 0.6 is 0 Å². The van der Waals surface area contributed by atoms with Crippen LogP contribution in [0.1, 0.15) is 27.2 Å². The third-order valence-corrected chi connectivity index (χ3v) is 3.47. The first-order valence-electron chi connectivity index (χ1n) is 7.91. The molecule has 1 aliphatic heterocycles. The Bertz CT molecular complexity index is 414. The van der Waals surface area contributed by atoms with Gasteiger partial charge in [0.2, 0.25) is 0 Å². The fraction of sp³-hybridized carbons (Fsp3) is 0.647. The van der Waals surface area contributed by atoms with E-state index < -0.39 is 0 Å². The van der Waals surface area contributed by atoms with Crippen LogP contribution in [0.3, 0.4) is 0 Å². The van der Waals surface area contributed by atoms with E-state index in [-0.39, 0.29) is 0 Å². The van der Waals surface area contributed by atoms with Gasteiger partial charge in [0.25, 0.3) is 0 Å². The number of nitrogens with zero attached hydrogens (tertiary/aromatic N) is 1. The van der Waals surface area contributed by atoms with Crippen molar-refractivity contribution in [3.05, 3.63) is 24.3 Å². The standard InChI is InChI=1S/C17H27NO3/c1-4-10-19-16-7-5-6-8-17(16)20-11-9-18-12-14(2)21-15(3)13-18/h5-8,14-15H,4,9-13H2,1-3H3/t14-,15-/m1/s1. The van der Waals surface area contributed by atoms with Crippen molar-refractivity contribution in [3.8, 4) is 11.5 Å². The highest BCUT2D eigenvalue weighted by molar-refractivity contribution is 5.39. The summed E-state index contributed by atoms with van der Waals surface area (Å²) >= 11 is 0. The van der Waals surface area contributed by atoms with Crippen molar-refractivity contribution in [1.29, 1.82) is 0 Å². The zero-order valence-electron chi connectivity index (χ0n) is 13.4. The molecule has 1 aromatic rings. The Kier molecular flexibility index (Phi) is 6.33. The van der Waals surface area contributed by atoms with Gasteiger partial charge in [-0.1, -0.05) is 19.1 Å². The molecule has 0 amide bonds. The highest BCUT2D eigenvalue weighted by atomic mass is 16.5. The lowest BCUT2D eigenvalue weighted by Crippen LogP contribution is -2.46. The second-order valence-corrected chi connectivity index (χ2v) is 5.66. The van der Waals surface area contributed by atoms with Gasteiger partial charge in [0, 0.05) is 19.6 Å². The summed E-state index contributed by atoms with van der Waals surface area (Å²) in [5, 5.41) is 0. The third-order valence-electron chi connectivity index (χ3n) is 3.47. The minimum absolute atomic E-state index is 0.300. The van der Waals surface area contributed by atoms with Gasteiger partial charge in [0.1, 0.15) is 6.61 Å². The van der Waals surface area contributed by atoms with E-state index >= 15 is 0 Å². The molecule has 4 nitrogen and oxygen atoms in total. The predicted molar refractivity (Wildman–Crippen MR) is 84.2 cm³/mol. The largest absolute Gasteiger partial charge is 0.490 e. The summed E-state index contributed by atoms with van der Waals surface area (Å²) in [6.07, 6.45) is 1.60. The highest BCUT2D eigenvalue weighted by Crippen LogP contribution is 2.26. The van der Waals surface area contributed by atoms with Crippen LogP contribution in [0.4, 0.5) is 0 Å². The number of ether oxygens (including phenoxy) is 3. The van der Waals surface area contributed by atoms with E-state index in [1.54, 1.807) is 0 Å². The fourth-order valence-corrected chi connectivity index (χ4v) is 2.65. The number of morpholine rings is 1. The van der Waals surface area contributed by atoms with Crippen LogP contribution in [0.15, 0.2) is 24.3 Å². The van der Waals surface area contributed by atoms with Gasteiger partial charge in [-0.3, -0.25) is 4.90 Å². The van der Waals surface area contributed by atoms with E-state index in [1.165, 1.54) is 0 Å². The summed E-state index contributed by atoms with van der Waals surface area (Å²) in [6.45, 7) is 10.6. The van der Waals surface area contributed by atoms with Crippen LogP contribution in [-0.4, -0.2) is 50.0 Å². The lowest BCUT2D eigenvalue weighted by Gasteiger charge is -2.35. The molecule has 0 radical (unpaired) electrons. The maximum Gasteiger partial charge on any atom is 0.161 e. The van der Waals surface area contributed by atoms with Crippen LogP contribution in [-0.2, 0) is 4.74 Å². The Labute approximate surface area is 128 Å². The molecule has 1 aromatic carbocycles. The molecule has 1 saturated heterocycles. The van der Waals surface area contributed by atoms with E-state index in [0.29, 0.717) is 18.8 Å². The molecule has 0 spiro atoms. The van der Waals surface area contributed by atoms with E-state index in [0.717, 1.165) is 44.2 Å². The summed E-state index contributed by atoms with van der Waals surface area (Å²) in [5.41, 5.74) is 0. The van der Waals surface area contributed by atoms with Gasteiger partial charge in [0.15, 0.2) is 11.5 Å². The molecule has 21 heavy (non-hydrogen) atoms. The summed E-state index contributed by atoms with van der Waals surface area (Å²) < 4.78 is 17.3. The normalized spacial score (nSPS) is 23.0. The Hall–Kier alpha value is -1.26. The Morgan fingerprint density at radius 3 is 2.19 bits per heavy atom. The molecule has 4 heteroatoms. The number of rotatable bonds is 7. The van der Waals surface area contributed by atoms with Crippen molar-refractivity contribution in [2.45, 2.75) is 39.4 Å². The van der Waals surface area contributed by atoms with Gasteiger partial charge < -0.3 is 14.2 Å². The average Bonchev–Trinajstić information content (AvgIpc) is 2.45. The number of hydrogen-bond donors (Lipinski definition) is 0. The molecule has 2 rings (SSSR count). The minimum atomic E-state index is 0.300. The topological polar surface area (TPSA) is 30.9 Å². The molecule has 118 valence electrons. The Balaban J connectivity index is 1.80. The van der Waals surface area contributed by atoms with Gasteiger partial charge in [0.05, 0.1) is 18.8 Å². The highest BCUT2D eigenvalue weighted by Gasteiger charge is 2.21. The maximum atomic E-state index is 5.90. The van der Waals surface area contributed by atoms with Crippen LogP contribution in [0.2, 0.25) is 0 Å². The van der Waals surface area contributed by atoms with Crippen molar-refractivity contribution in [2.75, 3.05) is 32.8 Å². The van der Waals surface area contributed by atoms with Crippen LogP contribution in [0, 0.1) is 0 Å². The molecular weight excluding hydrogens is 266 g/mol. The summed E-state index contributed by atoms with van der Waals surface area (Å²) in [4.78, 5) is 2.40. The van der Waals surface area contributed by atoms with Gasteiger partial charge in [-0.05, 0) is 32.4 Å². The summed E-state index contributed by atoms with van der Waals surface area (Å²) in [6, 6.07) is 7.88. The van der Waals surface area contributed by atoms with Crippen molar-refractivity contribution in [1.82, 2.24) is 4.90 Å². The quantitative estimate of drug-likeness (QED) is 0.773. The molecular formula is C17H27NO3. The summed E-state index contributed by atoms with van der Waals surface area (Å²) in [5.74, 6) is 1.67. The van der Waals surface area contributed by atoms with Crippen LogP contribution < -0.4 is 9.47 Å². The molecule has 0 bridgehead atoms. The first-order valence-corrected chi connectivity index (χ1v) is 7.91.